The summed E-state index contributed by atoms with van der Waals surface area (Å²) >= 11 is 0. The van der Waals surface area contributed by atoms with Gasteiger partial charge in [-0.25, -0.2) is 4.79 Å². The fourth-order valence-corrected chi connectivity index (χ4v) is 1.78. The maximum Gasteiger partial charge on any atom is 0.336 e. The van der Waals surface area contributed by atoms with Crippen LogP contribution in [0.25, 0.3) is 11.0 Å². The van der Waals surface area contributed by atoms with E-state index in [1.54, 1.807) is 6.07 Å². The lowest BCUT2D eigenvalue weighted by Gasteiger charge is -2.06. The highest BCUT2D eigenvalue weighted by Gasteiger charge is 2.06. The molecule has 2 rings (SSSR count). The van der Waals surface area contributed by atoms with E-state index in [2.05, 4.69) is 12.1 Å². The molecule has 2 aromatic rings. The average molecular weight is 214 g/mol. The van der Waals surface area contributed by atoms with E-state index in [1.165, 1.54) is 6.07 Å². The Kier molecular flexibility index (Phi) is 2.91. The molecule has 16 heavy (non-hydrogen) atoms. The van der Waals surface area contributed by atoms with Crippen LogP contribution < -0.4 is 5.63 Å². The van der Waals surface area contributed by atoms with E-state index in [4.69, 9.17) is 4.42 Å². The molecule has 0 saturated heterocycles. The number of hydrogen-bond donors (Lipinski definition) is 0. The number of rotatable bonds is 2. The second-order valence-electron chi connectivity index (χ2n) is 3.81. The number of aryl methyl sites for hydroxylation is 1. The van der Waals surface area contributed by atoms with Gasteiger partial charge < -0.3 is 4.42 Å². The zero-order valence-electron chi connectivity index (χ0n) is 9.49. The molecule has 0 bridgehead atoms. The second-order valence-corrected chi connectivity index (χ2v) is 3.81. The van der Waals surface area contributed by atoms with Crippen molar-refractivity contribution in [2.45, 2.75) is 20.3 Å². The Labute approximate surface area is 94.2 Å². The highest BCUT2D eigenvalue weighted by atomic mass is 16.4. The Balaban J connectivity index is 2.71. The van der Waals surface area contributed by atoms with Crippen LogP contribution >= 0.6 is 0 Å². The molecule has 0 amide bonds. The molecule has 0 aliphatic carbocycles. The molecule has 1 aromatic carbocycles. The largest absolute Gasteiger partial charge is 0.422 e. The van der Waals surface area contributed by atoms with E-state index in [9.17, 15) is 4.79 Å². The van der Waals surface area contributed by atoms with Crippen LogP contribution in [-0.2, 0) is 6.42 Å². The molecule has 0 aliphatic rings. The van der Waals surface area contributed by atoms with Gasteiger partial charge in [-0.05, 0) is 31.9 Å². The Morgan fingerprint density at radius 1 is 1.25 bits per heavy atom. The molecule has 0 N–H and O–H groups in total. The zero-order valence-corrected chi connectivity index (χ0v) is 9.49. The normalized spacial score (nSPS) is 11.4. The molecule has 0 radical (unpaired) electrons. The van der Waals surface area contributed by atoms with E-state index in [1.807, 2.05) is 26.0 Å². The van der Waals surface area contributed by atoms with Crippen LogP contribution in [0.4, 0.5) is 0 Å². The third-order valence-electron chi connectivity index (χ3n) is 2.68. The van der Waals surface area contributed by atoms with E-state index < -0.39 is 0 Å². The van der Waals surface area contributed by atoms with Gasteiger partial charge in [0.15, 0.2) is 0 Å². The third-order valence-corrected chi connectivity index (χ3v) is 2.68. The summed E-state index contributed by atoms with van der Waals surface area (Å²) in [6.07, 6.45) is 4.86. The molecule has 2 heteroatoms. The lowest BCUT2D eigenvalue weighted by Crippen LogP contribution is -1.98. The highest BCUT2D eigenvalue weighted by Crippen LogP contribution is 2.21. The van der Waals surface area contributed by atoms with Gasteiger partial charge in [0.05, 0.1) is 0 Å². The van der Waals surface area contributed by atoms with Crippen LogP contribution in [0.1, 0.15) is 18.1 Å². The summed E-state index contributed by atoms with van der Waals surface area (Å²) in [6, 6.07) is 7.30. The minimum Gasteiger partial charge on any atom is -0.422 e. The lowest BCUT2D eigenvalue weighted by atomic mass is 10.0. The SMILES string of the molecule is C/C=C/Cc1c(C)ccc2ccc(=O)oc12. The van der Waals surface area contributed by atoms with Crippen LogP contribution in [0, 0.1) is 6.92 Å². The van der Waals surface area contributed by atoms with Gasteiger partial charge in [0.1, 0.15) is 5.58 Å². The van der Waals surface area contributed by atoms with Crippen molar-refractivity contribution in [3.63, 3.8) is 0 Å². The molecule has 0 aliphatic heterocycles. The van der Waals surface area contributed by atoms with Crippen molar-refractivity contribution < 1.29 is 4.42 Å². The van der Waals surface area contributed by atoms with E-state index in [-0.39, 0.29) is 5.63 Å². The molecular weight excluding hydrogens is 200 g/mol. The summed E-state index contributed by atoms with van der Waals surface area (Å²) in [5.74, 6) is 0. The molecule has 0 spiro atoms. The Bertz CT molecular complexity index is 591. The molecule has 0 fully saturated rings. The first-order valence-corrected chi connectivity index (χ1v) is 5.36. The standard InChI is InChI=1S/C14H14O2/c1-3-4-5-12-10(2)6-7-11-8-9-13(15)16-14(11)12/h3-4,6-9H,5H2,1-2H3/b4-3+. The van der Waals surface area contributed by atoms with E-state index >= 15 is 0 Å². The quantitative estimate of drug-likeness (QED) is 0.567. The van der Waals surface area contributed by atoms with Crippen molar-refractivity contribution in [3.8, 4) is 0 Å². The summed E-state index contributed by atoms with van der Waals surface area (Å²) in [5.41, 5.74) is 2.67. The van der Waals surface area contributed by atoms with Gasteiger partial charge in [-0.15, -0.1) is 0 Å². The third kappa shape index (κ3) is 1.91. The van der Waals surface area contributed by atoms with Crippen molar-refractivity contribution in [3.05, 3.63) is 58.0 Å². The maximum atomic E-state index is 11.2. The number of fused-ring (bicyclic) bond motifs is 1. The first-order chi connectivity index (χ1) is 7.72. The van der Waals surface area contributed by atoms with Crippen LogP contribution in [-0.4, -0.2) is 0 Å². The predicted octanol–water partition coefficient (Wildman–Crippen LogP) is 3.22. The second kappa shape index (κ2) is 4.35. The van der Waals surface area contributed by atoms with Gasteiger partial charge in [-0.1, -0.05) is 24.3 Å². The van der Waals surface area contributed by atoms with Gasteiger partial charge in [0, 0.05) is 17.0 Å². The first-order valence-electron chi connectivity index (χ1n) is 5.36. The fraction of sp³-hybridized carbons (Fsp3) is 0.214. The molecule has 82 valence electrons. The van der Waals surface area contributed by atoms with Crippen LogP contribution in [0.2, 0.25) is 0 Å². The summed E-state index contributed by atoms with van der Waals surface area (Å²) in [7, 11) is 0. The minimum absolute atomic E-state index is 0.292. The molecule has 0 unspecified atom stereocenters. The summed E-state index contributed by atoms with van der Waals surface area (Å²) in [5, 5.41) is 0.977. The van der Waals surface area contributed by atoms with Crippen LogP contribution in [0.5, 0.6) is 0 Å². The minimum atomic E-state index is -0.292. The average Bonchev–Trinajstić information content (AvgIpc) is 2.28. The lowest BCUT2D eigenvalue weighted by molar-refractivity contribution is 0.557. The fourth-order valence-electron chi connectivity index (χ4n) is 1.78. The topological polar surface area (TPSA) is 30.2 Å². The Morgan fingerprint density at radius 2 is 2.00 bits per heavy atom. The molecule has 0 saturated carbocycles. The van der Waals surface area contributed by atoms with E-state index in [0.717, 1.165) is 22.9 Å². The summed E-state index contributed by atoms with van der Waals surface area (Å²) in [6.45, 7) is 4.02. The predicted molar refractivity (Wildman–Crippen MR) is 65.7 cm³/mol. The van der Waals surface area contributed by atoms with Crippen LogP contribution in [0.3, 0.4) is 0 Å². The Morgan fingerprint density at radius 3 is 2.75 bits per heavy atom. The van der Waals surface area contributed by atoms with Crippen molar-refractivity contribution >= 4 is 11.0 Å². The number of hydrogen-bond acceptors (Lipinski definition) is 2. The van der Waals surface area contributed by atoms with Crippen molar-refractivity contribution in [1.29, 1.82) is 0 Å². The molecule has 1 aromatic heterocycles. The maximum absolute atomic E-state index is 11.2. The van der Waals surface area contributed by atoms with Crippen molar-refractivity contribution in [2.75, 3.05) is 0 Å². The molecule has 2 nitrogen and oxygen atoms in total. The van der Waals surface area contributed by atoms with Gasteiger partial charge in [-0.3, -0.25) is 0 Å². The molecule has 1 heterocycles. The zero-order chi connectivity index (χ0) is 11.5. The Hall–Kier alpha value is -1.83. The first kappa shape index (κ1) is 10.7. The summed E-state index contributed by atoms with van der Waals surface area (Å²) < 4.78 is 5.28. The highest BCUT2D eigenvalue weighted by molar-refractivity contribution is 5.81. The monoisotopic (exact) mass is 214 g/mol. The van der Waals surface area contributed by atoms with Crippen molar-refractivity contribution in [2.24, 2.45) is 0 Å². The van der Waals surface area contributed by atoms with Gasteiger partial charge in [-0.2, -0.15) is 0 Å². The van der Waals surface area contributed by atoms with Crippen molar-refractivity contribution in [1.82, 2.24) is 0 Å². The van der Waals surface area contributed by atoms with Crippen LogP contribution in [0.15, 0.2) is 45.6 Å². The molecule has 0 atom stereocenters. The number of benzene rings is 1. The van der Waals surface area contributed by atoms with E-state index in [0.29, 0.717) is 5.58 Å². The van der Waals surface area contributed by atoms with Gasteiger partial charge in [0.2, 0.25) is 0 Å². The van der Waals surface area contributed by atoms with Gasteiger partial charge in [0.25, 0.3) is 0 Å². The number of allylic oxidation sites excluding steroid dienone is 2. The van der Waals surface area contributed by atoms with Gasteiger partial charge >= 0.3 is 5.63 Å². The molecular formula is C14H14O2. The smallest absolute Gasteiger partial charge is 0.336 e. The summed E-state index contributed by atoms with van der Waals surface area (Å²) in [4.78, 5) is 11.2.